The number of nitrogens with two attached hydrogens (primary N) is 1. The molecule has 0 radical (unpaired) electrons. The highest BCUT2D eigenvalue weighted by atomic mass is 16.9. The van der Waals surface area contributed by atoms with Crippen LogP contribution in [-0.2, 0) is 0 Å². The number of aliphatic hydroxyl groups is 1. The Bertz CT molecular complexity index is 914. The Kier molecular flexibility index (Phi) is 5.82. The quantitative estimate of drug-likeness (QED) is 0.241. The standard InChI is InChI=1S/C26H43N3O.NO3/c1-22(2)10-7-11-23(3)18(22)9-8-16-20(23)17(30)14-25(5)19-15-28-21(27)29-26(19,6)13-12-24(16,25)4;2-1(3)4/h8,17-20,30H,7,9-15H2,1-6H3,(H3,27,28,29);/q;-1/p+1/t17-,18+,19-,20?,23+,24-,25-,26-;/m1./s1. The summed E-state index contributed by atoms with van der Waals surface area (Å²) in [6, 6.07) is 0. The van der Waals surface area contributed by atoms with Gasteiger partial charge in [-0.2, -0.15) is 0 Å². The molecule has 0 amide bonds. The van der Waals surface area contributed by atoms with E-state index in [1.165, 1.54) is 32.1 Å². The first-order valence-electron chi connectivity index (χ1n) is 13.0. The van der Waals surface area contributed by atoms with E-state index in [0.717, 1.165) is 19.4 Å². The Balaban J connectivity index is 0.000000636. The predicted octanol–water partition coefficient (Wildman–Crippen LogP) is 2.47. The highest BCUT2D eigenvalue weighted by Gasteiger charge is 2.69. The zero-order chi connectivity index (χ0) is 25.3. The molecule has 1 heterocycles. The third kappa shape index (κ3) is 3.46. The van der Waals surface area contributed by atoms with Gasteiger partial charge in [-0.3, -0.25) is 16.0 Å². The molecule has 8 atom stereocenters. The number of nitrogens with zero attached hydrogens (tertiary/aromatic N) is 1. The third-order valence-corrected chi connectivity index (χ3v) is 11.4. The molecule has 1 unspecified atom stereocenters. The van der Waals surface area contributed by atoms with Crippen molar-refractivity contribution in [3.63, 3.8) is 0 Å². The highest BCUT2D eigenvalue weighted by molar-refractivity contribution is 5.73. The first-order chi connectivity index (χ1) is 15.6. The summed E-state index contributed by atoms with van der Waals surface area (Å²) >= 11 is 0. The van der Waals surface area contributed by atoms with Gasteiger partial charge in [-0.15, -0.1) is 0 Å². The number of rotatable bonds is 0. The van der Waals surface area contributed by atoms with Crippen LogP contribution in [0.5, 0.6) is 0 Å². The van der Waals surface area contributed by atoms with E-state index in [4.69, 9.17) is 21.1 Å². The van der Waals surface area contributed by atoms with Crippen molar-refractivity contribution in [2.45, 2.75) is 98.1 Å². The summed E-state index contributed by atoms with van der Waals surface area (Å²) in [5.41, 5.74) is 8.54. The number of allylic oxidation sites excluding steroid dienone is 1. The van der Waals surface area contributed by atoms with Gasteiger partial charge in [-0.05, 0) is 73.0 Å². The molecular weight excluding hydrogens is 432 g/mol. The van der Waals surface area contributed by atoms with Crippen LogP contribution in [0.2, 0.25) is 0 Å². The van der Waals surface area contributed by atoms with Gasteiger partial charge in [0.1, 0.15) is 0 Å². The molecule has 1 aliphatic heterocycles. The van der Waals surface area contributed by atoms with Crippen LogP contribution in [-0.4, -0.2) is 34.3 Å². The summed E-state index contributed by atoms with van der Waals surface area (Å²) in [6.45, 7) is 15.7. The minimum Gasteiger partial charge on any atom is -0.392 e. The molecule has 0 aromatic rings. The molecule has 192 valence electrons. The van der Waals surface area contributed by atoms with Crippen LogP contribution in [0, 0.1) is 54.7 Å². The molecule has 8 heteroatoms. The van der Waals surface area contributed by atoms with Gasteiger partial charge in [0.25, 0.3) is 0 Å². The maximum Gasteiger partial charge on any atom is 0.341 e. The van der Waals surface area contributed by atoms with Crippen LogP contribution in [0.3, 0.4) is 0 Å². The van der Waals surface area contributed by atoms with Gasteiger partial charge >= 0.3 is 5.96 Å². The van der Waals surface area contributed by atoms with E-state index in [0.29, 0.717) is 29.1 Å². The fourth-order valence-corrected chi connectivity index (χ4v) is 9.68. The van der Waals surface area contributed by atoms with Gasteiger partial charge in [-0.25, -0.2) is 0 Å². The van der Waals surface area contributed by atoms with Crippen molar-refractivity contribution < 1.29 is 15.2 Å². The Hall–Kier alpha value is -1.83. The van der Waals surface area contributed by atoms with Gasteiger partial charge < -0.3 is 20.4 Å². The second-order valence-electron chi connectivity index (χ2n) is 13.4. The number of guanidine groups is 1. The SMILES string of the molecule is CC1(C)CCC[C@]2(C)C3C(=CC[C@@H]12)[C@@]1(C)CC[C@@]2(C)NC(N)=[NH+]C[C@@H]2[C@@]1(C)C[C@H]3O.O=[N+]([O-])[O-]. The number of aliphatic hydroxyl groups excluding tert-OH is 1. The molecule has 0 aromatic heterocycles. The maximum atomic E-state index is 11.8. The summed E-state index contributed by atoms with van der Waals surface area (Å²) in [4.78, 5) is 11.7. The zero-order valence-electron chi connectivity index (χ0n) is 21.7. The van der Waals surface area contributed by atoms with E-state index in [-0.39, 0.29) is 27.9 Å². The average molecular weight is 477 g/mol. The second kappa shape index (κ2) is 7.84. The van der Waals surface area contributed by atoms with Crippen molar-refractivity contribution in [1.29, 1.82) is 0 Å². The number of fused-ring (bicyclic) bond motifs is 7. The fraction of sp³-hybridized carbons (Fsp3) is 0.885. The first kappa shape index (κ1) is 25.3. The van der Waals surface area contributed by atoms with Crippen LogP contribution in [0.15, 0.2) is 11.6 Å². The second-order valence-corrected chi connectivity index (χ2v) is 13.4. The summed E-state index contributed by atoms with van der Waals surface area (Å²) in [6.07, 6.45) is 10.7. The van der Waals surface area contributed by atoms with Gasteiger partial charge in [0.2, 0.25) is 0 Å². The Morgan fingerprint density at radius 1 is 1.09 bits per heavy atom. The molecule has 4 aliphatic carbocycles. The largest absolute Gasteiger partial charge is 0.392 e. The molecule has 0 saturated heterocycles. The Morgan fingerprint density at radius 2 is 1.74 bits per heavy atom. The fourth-order valence-electron chi connectivity index (χ4n) is 9.68. The third-order valence-electron chi connectivity index (χ3n) is 11.4. The monoisotopic (exact) mass is 476 g/mol. The molecule has 0 spiro atoms. The normalized spacial score (nSPS) is 48.7. The van der Waals surface area contributed by atoms with Crippen molar-refractivity contribution in [3.05, 3.63) is 27.0 Å². The first-order valence-corrected chi connectivity index (χ1v) is 13.0. The molecular formula is C26H44N4O4. The van der Waals surface area contributed by atoms with Crippen molar-refractivity contribution in [1.82, 2.24) is 5.32 Å². The lowest BCUT2D eigenvalue weighted by molar-refractivity contribution is -0.490. The number of hydrogen-bond acceptors (Lipinski definition) is 6. The molecule has 5 rings (SSSR count). The van der Waals surface area contributed by atoms with Crippen LogP contribution in [0.1, 0.15) is 86.5 Å². The lowest BCUT2D eigenvalue weighted by Gasteiger charge is -2.69. The van der Waals surface area contributed by atoms with E-state index in [1.807, 2.05) is 0 Å². The lowest BCUT2D eigenvalue weighted by atomic mass is 9.36. The molecule has 5 N–H and O–H groups in total. The number of nitrogens with one attached hydrogen (secondary N) is 2. The number of hydrogen-bond donors (Lipinski definition) is 4. The minimum absolute atomic E-state index is 0.00461. The lowest BCUT2D eigenvalue weighted by Crippen LogP contribution is -2.90. The topological polar surface area (TPSA) is 138 Å². The van der Waals surface area contributed by atoms with Crippen molar-refractivity contribution in [2.75, 3.05) is 6.54 Å². The molecule has 3 saturated carbocycles. The minimum atomic E-state index is -1.75. The van der Waals surface area contributed by atoms with Gasteiger partial charge in [0.15, 0.2) is 0 Å². The van der Waals surface area contributed by atoms with E-state index < -0.39 is 5.09 Å². The van der Waals surface area contributed by atoms with E-state index >= 15 is 0 Å². The van der Waals surface area contributed by atoms with Crippen LogP contribution in [0.25, 0.3) is 0 Å². The van der Waals surface area contributed by atoms with Gasteiger partial charge in [0, 0.05) is 11.8 Å². The average Bonchev–Trinajstić information content (AvgIpc) is 2.68. The molecule has 8 nitrogen and oxygen atoms in total. The predicted molar refractivity (Wildman–Crippen MR) is 132 cm³/mol. The van der Waals surface area contributed by atoms with Crippen LogP contribution < -0.4 is 16.0 Å². The van der Waals surface area contributed by atoms with Crippen molar-refractivity contribution >= 4 is 5.96 Å². The van der Waals surface area contributed by atoms with Crippen molar-refractivity contribution in [2.24, 2.45) is 45.1 Å². The zero-order valence-corrected chi connectivity index (χ0v) is 21.7. The highest BCUT2D eigenvalue weighted by Crippen LogP contribution is 2.72. The summed E-state index contributed by atoms with van der Waals surface area (Å²) in [5.74, 6) is 2.16. The summed E-state index contributed by atoms with van der Waals surface area (Å²) < 4.78 is 0. The van der Waals surface area contributed by atoms with Crippen molar-refractivity contribution in [3.8, 4) is 0 Å². The summed E-state index contributed by atoms with van der Waals surface area (Å²) in [7, 11) is 0. The molecule has 34 heavy (non-hydrogen) atoms. The Morgan fingerprint density at radius 3 is 2.38 bits per heavy atom. The molecule has 0 aromatic carbocycles. The van der Waals surface area contributed by atoms with Gasteiger partial charge in [0.05, 0.1) is 23.3 Å². The summed E-state index contributed by atoms with van der Waals surface area (Å²) in [5, 5.41) is 30.2. The molecule has 3 fully saturated rings. The molecule has 0 bridgehead atoms. The molecule has 5 aliphatic rings. The Labute approximate surface area is 203 Å². The van der Waals surface area contributed by atoms with E-state index in [9.17, 15) is 5.11 Å². The van der Waals surface area contributed by atoms with Gasteiger partial charge in [-0.1, -0.05) is 52.7 Å². The van der Waals surface area contributed by atoms with Crippen LogP contribution >= 0.6 is 0 Å². The maximum absolute atomic E-state index is 11.8. The van der Waals surface area contributed by atoms with E-state index in [1.54, 1.807) is 5.57 Å². The van der Waals surface area contributed by atoms with E-state index in [2.05, 4.69) is 57.9 Å². The smallest absolute Gasteiger partial charge is 0.341 e. The van der Waals surface area contributed by atoms with Crippen LogP contribution in [0.4, 0.5) is 0 Å².